The summed E-state index contributed by atoms with van der Waals surface area (Å²) >= 11 is 0. The number of nitrogens with one attached hydrogen (secondary N) is 1. The molecule has 22 heavy (non-hydrogen) atoms. The first-order valence-electron chi connectivity index (χ1n) is 7.58. The second-order valence-electron chi connectivity index (χ2n) is 6.12. The zero-order valence-electron chi connectivity index (χ0n) is 12.7. The zero-order chi connectivity index (χ0) is 16.3. The standard InChI is InChI=1S/C14H22F3N3O2/c1-18-7-10-2-4-19(5-3-10)13(22)11-6-12(21)20(8-11)9-14(15,16)17/h10-11,18H,2-9H2,1H3. The molecule has 2 saturated heterocycles. The van der Waals surface area contributed by atoms with Crippen LogP contribution in [0.3, 0.4) is 0 Å². The highest BCUT2D eigenvalue weighted by Crippen LogP contribution is 2.26. The molecular weight excluding hydrogens is 299 g/mol. The molecular formula is C14H22F3N3O2. The number of carbonyl (C=O) groups excluding carboxylic acids is 2. The van der Waals surface area contributed by atoms with E-state index < -0.39 is 24.5 Å². The van der Waals surface area contributed by atoms with E-state index in [1.807, 2.05) is 7.05 Å². The Morgan fingerprint density at radius 3 is 2.50 bits per heavy atom. The summed E-state index contributed by atoms with van der Waals surface area (Å²) in [6, 6.07) is 0. The molecule has 2 heterocycles. The normalized spacial score (nSPS) is 24.2. The third kappa shape index (κ3) is 4.34. The molecule has 2 aliphatic heterocycles. The number of hydrogen-bond acceptors (Lipinski definition) is 3. The predicted molar refractivity (Wildman–Crippen MR) is 74.0 cm³/mol. The van der Waals surface area contributed by atoms with Crippen LogP contribution in [-0.4, -0.2) is 67.6 Å². The number of halogens is 3. The van der Waals surface area contributed by atoms with E-state index in [9.17, 15) is 22.8 Å². The van der Waals surface area contributed by atoms with Crippen molar-refractivity contribution >= 4 is 11.8 Å². The van der Waals surface area contributed by atoms with E-state index in [1.54, 1.807) is 4.90 Å². The minimum atomic E-state index is -4.42. The van der Waals surface area contributed by atoms with E-state index in [1.165, 1.54) is 0 Å². The molecule has 2 fully saturated rings. The summed E-state index contributed by atoms with van der Waals surface area (Å²) in [4.78, 5) is 26.4. The average molecular weight is 321 g/mol. The molecule has 2 amide bonds. The Hall–Kier alpha value is -1.31. The lowest BCUT2D eigenvalue weighted by Gasteiger charge is -2.33. The van der Waals surface area contributed by atoms with Crippen molar-refractivity contribution in [3.63, 3.8) is 0 Å². The maximum Gasteiger partial charge on any atom is 0.406 e. The van der Waals surface area contributed by atoms with Gasteiger partial charge in [0, 0.05) is 26.1 Å². The van der Waals surface area contributed by atoms with Crippen molar-refractivity contribution in [2.45, 2.75) is 25.4 Å². The quantitative estimate of drug-likeness (QED) is 0.835. The lowest BCUT2D eigenvalue weighted by Crippen LogP contribution is -2.44. The van der Waals surface area contributed by atoms with E-state index >= 15 is 0 Å². The summed E-state index contributed by atoms with van der Waals surface area (Å²) in [5.74, 6) is -0.863. The Labute approximate surface area is 127 Å². The molecule has 0 aliphatic carbocycles. The van der Waals surface area contributed by atoms with Gasteiger partial charge in [-0.15, -0.1) is 0 Å². The van der Waals surface area contributed by atoms with Gasteiger partial charge in [-0.1, -0.05) is 0 Å². The first-order chi connectivity index (χ1) is 10.3. The van der Waals surface area contributed by atoms with Gasteiger partial charge < -0.3 is 15.1 Å². The van der Waals surface area contributed by atoms with Crippen LogP contribution >= 0.6 is 0 Å². The largest absolute Gasteiger partial charge is 0.406 e. The highest BCUT2D eigenvalue weighted by Gasteiger charge is 2.42. The number of amides is 2. The monoisotopic (exact) mass is 321 g/mol. The van der Waals surface area contributed by atoms with Gasteiger partial charge in [0.15, 0.2) is 0 Å². The fourth-order valence-corrected chi connectivity index (χ4v) is 3.21. The molecule has 0 aromatic carbocycles. The molecule has 126 valence electrons. The molecule has 5 nitrogen and oxygen atoms in total. The Bertz CT molecular complexity index is 420. The third-order valence-electron chi connectivity index (χ3n) is 4.35. The summed E-state index contributed by atoms with van der Waals surface area (Å²) in [5, 5.41) is 3.11. The second-order valence-corrected chi connectivity index (χ2v) is 6.12. The van der Waals surface area contributed by atoms with Gasteiger partial charge in [-0.25, -0.2) is 0 Å². The summed E-state index contributed by atoms with van der Waals surface area (Å²) in [5.41, 5.74) is 0. The molecule has 0 bridgehead atoms. The molecule has 1 atom stereocenters. The lowest BCUT2D eigenvalue weighted by molar-refractivity contribution is -0.157. The minimum Gasteiger partial charge on any atom is -0.342 e. The summed E-state index contributed by atoms with van der Waals surface area (Å²) < 4.78 is 37.2. The van der Waals surface area contributed by atoms with Gasteiger partial charge >= 0.3 is 6.18 Å². The minimum absolute atomic E-state index is 0.106. The Morgan fingerprint density at radius 2 is 1.95 bits per heavy atom. The molecule has 8 heteroatoms. The van der Waals surface area contributed by atoms with E-state index in [-0.39, 0.29) is 18.9 Å². The first kappa shape index (κ1) is 17.1. The van der Waals surface area contributed by atoms with Crippen molar-refractivity contribution in [1.29, 1.82) is 0 Å². The molecule has 1 unspecified atom stereocenters. The van der Waals surface area contributed by atoms with Crippen LogP contribution in [0.2, 0.25) is 0 Å². The van der Waals surface area contributed by atoms with Gasteiger partial charge in [-0.05, 0) is 32.4 Å². The number of likely N-dealkylation sites (tertiary alicyclic amines) is 2. The molecule has 1 N–H and O–H groups in total. The molecule has 2 aliphatic rings. The number of carbonyl (C=O) groups is 2. The predicted octanol–water partition coefficient (Wildman–Crippen LogP) is 0.855. The molecule has 0 spiro atoms. The van der Waals surface area contributed by atoms with E-state index in [0.29, 0.717) is 19.0 Å². The zero-order valence-corrected chi connectivity index (χ0v) is 12.7. The fourth-order valence-electron chi connectivity index (χ4n) is 3.21. The van der Waals surface area contributed by atoms with Crippen LogP contribution in [0.4, 0.5) is 13.2 Å². The highest BCUT2D eigenvalue weighted by molar-refractivity contribution is 5.89. The van der Waals surface area contributed by atoms with E-state index in [4.69, 9.17) is 0 Å². The van der Waals surface area contributed by atoms with Crippen LogP contribution in [0.25, 0.3) is 0 Å². The maximum absolute atomic E-state index is 12.4. The fraction of sp³-hybridized carbons (Fsp3) is 0.857. The number of piperidine rings is 1. The van der Waals surface area contributed by atoms with Crippen molar-refractivity contribution in [3.05, 3.63) is 0 Å². The van der Waals surface area contributed by atoms with Crippen LogP contribution in [0.1, 0.15) is 19.3 Å². The van der Waals surface area contributed by atoms with Crippen LogP contribution in [0, 0.1) is 11.8 Å². The van der Waals surface area contributed by atoms with Crippen LogP contribution < -0.4 is 5.32 Å². The summed E-state index contributed by atoms with van der Waals surface area (Å²) in [7, 11) is 1.89. The van der Waals surface area contributed by atoms with Crippen LogP contribution in [-0.2, 0) is 9.59 Å². The van der Waals surface area contributed by atoms with Crippen molar-refractivity contribution in [1.82, 2.24) is 15.1 Å². The summed E-state index contributed by atoms with van der Waals surface area (Å²) in [6.07, 6.45) is -2.75. The highest BCUT2D eigenvalue weighted by atomic mass is 19.4. The van der Waals surface area contributed by atoms with Gasteiger partial charge in [0.05, 0.1) is 5.92 Å². The Morgan fingerprint density at radius 1 is 1.32 bits per heavy atom. The topological polar surface area (TPSA) is 52.7 Å². The molecule has 2 rings (SSSR count). The number of hydrogen-bond donors (Lipinski definition) is 1. The summed E-state index contributed by atoms with van der Waals surface area (Å²) in [6.45, 7) is 0.765. The Balaban J connectivity index is 1.85. The number of alkyl halides is 3. The van der Waals surface area contributed by atoms with E-state index in [2.05, 4.69) is 5.32 Å². The molecule has 0 radical (unpaired) electrons. The lowest BCUT2D eigenvalue weighted by atomic mass is 9.95. The van der Waals surface area contributed by atoms with Gasteiger partial charge in [-0.2, -0.15) is 13.2 Å². The van der Waals surface area contributed by atoms with E-state index in [0.717, 1.165) is 24.3 Å². The SMILES string of the molecule is CNCC1CCN(C(=O)C2CC(=O)N(CC(F)(F)F)C2)CC1. The van der Waals surface area contributed by atoms with Crippen LogP contribution in [0.5, 0.6) is 0 Å². The van der Waals surface area contributed by atoms with Gasteiger partial charge in [0.2, 0.25) is 11.8 Å². The van der Waals surface area contributed by atoms with Gasteiger partial charge in [-0.3, -0.25) is 9.59 Å². The van der Waals surface area contributed by atoms with Crippen molar-refractivity contribution in [3.8, 4) is 0 Å². The van der Waals surface area contributed by atoms with Crippen molar-refractivity contribution in [2.75, 3.05) is 39.8 Å². The maximum atomic E-state index is 12.4. The van der Waals surface area contributed by atoms with Crippen molar-refractivity contribution < 1.29 is 22.8 Å². The van der Waals surface area contributed by atoms with Gasteiger partial charge in [0.1, 0.15) is 6.54 Å². The molecule has 0 aromatic heterocycles. The van der Waals surface area contributed by atoms with Gasteiger partial charge in [0.25, 0.3) is 0 Å². The smallest absolute Gasteiger partial charge is 0.342 e. The second kappa shape index (κ2) is 6.85. The first-order valence-corrected chi connectivity index (χ1v) is 7.58. The number of rotatable bonds is 4. The molecule has 0 saturated carbocycles. The third-order valence-corrected chi connectivity index (χ3v) is 4.35. The van der Waals surface area contributed by atoms with Crippen LogP contribution in [0.15, 0.2) is 0 Å². The Kier molecular flexibility index (Phi) is 5.31. The van der Waals surface area contributed by atoms with Crippen molar-refractivity contribution in [2.24, 2.45) is 11.8 Å². The average Bonchev–Trinajstić information content (AvgIpc) is 2.78. The molecule has 0 aromatic rings. The number of nitrogens with zero attached hydrogens (tertiary/aromatic N) is 2.